The number of hydrogen-bond acceptors (Lipinski definition) is 0. The minimum absolute atomic E-state index is 0.934. The monoisotopic (exact) mass is 636 g/mol. The lowest BCUT2D eigenvalue weighted by molar-refractivity contribution is 0.822. The standard InChI is InChI=1S/C48H32N2/c1-3-14-33(15-4-1)35-26-28-38(29-27-35)49-43-24-11-8-21-40(43)47-45(49)30-31-46-48(47)41-22-9-12-25-44(41)50(46)42-23-10-7-20-39(42)37-19-13-18-36(32-37)34-16-5-2-6-17-34/h1-12,14-18,20-29,32H,30-31H2. The molecule has 2 nitrogen and oxygen atoms in total. The fourth-order valence-corrected chi connectivity index (χ4v) is 8.12. The first-order chi connectivity index (χ1) is 24.8. The zero-order chi connectivity index (χ0) is 33.0. The van der Waals surface area contributed by atoms with Crippen molar-refractivity contribution in [2.45, 2.75) is 12.8 Å². The summed E-state index contributed by atoms with van der Waals surface area (Å²) < 4.78 is 5.02. The minimum Gasteiger partial charge on any atom is -0.313 e. The Labute approximate surface area is 292 Å². The minimum atomic E-state index is 0.934. The third-order valence-electron chi connectivity index (χ3n) is 10.3. The molecule has 50 heavy (non-hydrogen) atoms. The molecule has 234 valence electrons. The Morgan fingerprint density at radius 1 is 0.440 bits per heavy atom. The summed E-state index contributed by atoms with van der Waals surface area (Å²) in [5, 5.41) is 2.58. The second-order valence-electron chi connectivity index (χ2n) is 13.1. The van der Waals surface area contributed by atoms with Crippen molar-refractivity contribution in [3.8, 4) is 55.9 Å². The van der Waals surface area contributed by atoms with Crippen molar-refractivity contribution >= 4 is 21.8 Å². The highest BCUT2D eigenvalue weighted by Gasteiger charge is 2.31. The summed E-state index contributed by atoms with van der Waals surface area (Å²) in [4.78, 5) is 0. The van der Waals surface area contributed by atoms with E-state index in [1.807, 2.05) is 6.07 Å². The van der Waals surface area contributed by atoms with Crippen LogP contribution in [-0.4, -0.2) is 9.13 Å². The van der Waals surface area contributed by atoms with Crippen LogP contribution in [-0.2, 0) is 12.8 Å². The van der Waals surface area contributed by atoms with Gasteiger partial charge in [-0.2, -0.15) is 0 Å². The average Bonchev–Trinajstić information content (AvgIpc) is 3.71. The number of aromatic nitrogens is 2. The lowest BCUT2D eigenvalue weighted by Gasteiger charge is -2.21. The lowest BCUT2D eigenvalue weighted by atomic mass is 9.90. The number of fused-ring (bicyclic) bond motifs is 7. The Balaban J connectivity index is 1.18. The first-order valence-corrected chi connectivity index (χ1v) is 17.3. The van der Waals surface area contributed by atoms with Gasteiger partial charge in [0.15, 0.2) is 0 Å². The normalized spacial score (nSPS) is 12.1. The maximum atomic E-state index is 3.46. The van der Waals surface area contributed by atoms with Crippen molar-refractivity contribution in [2.75, 3.05) is 0 Å². The fraction of sp³-hybridized carbons (Fsp3) is 0.0417. The summed E-state index contributed by atoms with van der Waals surface area (Å²) in [6.45, 7) is 0. The van der Waals surface area contributed by atoms with Crippen molar-refractivity contribution < 1.29 is 0 Å². The second kappa shape index (κ2) is 11.5. The highest BCUT2D eigenvalue weighted by atomic mass is 15.0. The fourth-order valence-electron chi connectivity index (χ4n) is 8.12. The van der Waals surface area contributed by atoms with E-state index in [1.165, 1.54) is 72.4 Å². The van der Waals surface area contributed by atoms with Crippen LogP contribution in [0.3, 0.4) is 0 Å². The molecule has 1 aliphatic rings. The molecule has 2 aromatic heterocycles. The van der Waals surface area contributed by atoms with Gasteiger partial charge < -0.3 is 9.13 Å². The Morgan fingerprint density at radius 2 is 0.960 bits per heavy atom. The summed E-state index contributed by atoms with van der Waals surface area (Å²) in [5.74, 6) is 0. The van der Waals surface area contributed by atoms with Crippen molar-refractivity contribution in [3.63, 3.8) is 0 Å². The molecule has 0 unspecified atom stereocenters. The molecule has 0 fully saturated rings. The Hall–Kier alpha value is -6.56. The third kappa shape index (κ3) is 4.45. The number of rotatable bonds is 5. The number of nitrogens with zero attached hydrogens (tertiary/aromatic N) is 2. The highest BCUT2D eigenvalue weighted by molar-refractivity contribution is 6.10. The van der Waals surface area contributed by atoms with Gasteiger partial charge in [0.2, 0.25) is 0 Å². The predicted molar refractivity (Wildman–Crippen MR) is 207 cm³/mol. The van der Waals surface area contributed by atoms with E-state index in [-0.39, 0.29) is 0 Å². The first-order valence-electron chi connectivity index (χ1n) is 17.3. The van der Waals surface area contributed by atoms with Gasteiger partial charge in [-0.1, -0.05) is 140 Å². The van der Waals surface area contributed by atoms with Crippen molar-refractivity contribution in [2.24, 2.45) is 0 Å². The van der Waals surface area contributed by atoms with Gasteiger partial charge in [0.1, 0.15) is 0 Å². The van der Waals surface area contributed by atoms with Crippen molar-refractivity contribution in [3.05, 3.63) is 193 Å². The highest BCUT2D eigenvalue weighted by Crippen LogP contribution is 2.48. The van der Waals surface area contributed by atoms with E-state index in [4.69, 9.17) is 0 Å². The Bertz CT molecular complexity index is 2670. The molecule has 9 aromatic rings. The van der Waals surface area contributed by atoms with Crippen LogP contribution in [0.15, 0.2) is 170 Å². The van der Waals surface area contributed by atoms with Gasteiger partial charge in [-0.05, 0) is 77.6 Å². The molecule has 0 atom stereocenters. The van der Waals surface area contributed by atoms with Crippen LogP contribution in [0.25, 0.3) is 77.7 Å². The summed E-state index contributed by atoms with van der Waals surface area (Å²) in [5.41, 5.74) is 17.3. The zero-order valence-electron chi connectivity index (χ0n) is 27.5. The van der Waals surface area contributed by atoms with Crippen LogP contribution < -0.4 is 0 Å². The zero-order valence-corrected chi connectivity index (χ0v) is 27.5. The van der Waals surface area contributed by atoms with E-state index < -0.39 is 0 Å². The smallest absolute Gasteiger partial charge is 0.0543 e. The van der Waals surface area contributed by atoms with Crippen LogP contribution in [0.5, 0.6) is 0 Å². The molecule has 0 N–H and O–H groups in total. The maximum Gasteiger partial charge on any atom is 0.0543 e. The molecule has 7 aromatic carbocycles. The predicted octanol–water partition coefficient (Wildman–Crippen LogP) is 11.9. The second-order valence-corrected chi connectivity index (χ2v) is 13.1. The Kier molecular flexibility index (Phi) is 6.57. The van der Waals surface area contributed by atoms with Crippen LogP contribution >= 0.6 is 0 Å². The SMILES string of the molecule is c1cc(-c2ccccc2)cc(-c2ccccc2-n2c3c(c4ccccc42)-c2c(n(-c4ccc(-c5ccccc5)cc4)c4ccccc24)CC3)c#1. The first kappa shape index (κ1) is 28.5. The molecule has 1 aliphatic carbocycles. The topological polar surface area (TPSA) is 9.86 Å². The van der Waals surface area contributed by atoms with Crippen molar-refractivity contribution in [1.29, 1.82) is 0 Å². The van der Waals surface area contributed by atoms with Gasteiger partial charge in [0.25, 0.3) is 0 Å². The molecule has 0 saturated heterocycles. The van der Waals surface area contributed by atoms with Gasteiger partial charge in [-0.3, -0.25) is 0 Å². The molecule has 2 heterocycles. The molecule has 0 radical (unpaired) electrons. The van der Waals surface area contributed by atoms with Crippen LogP contribution in [0.1, 0.15) is 11.4 Å². The third-order valence-corrected chi connectivity index (χ3v) is 10.3. The number of benzene rings is 6. The van der Waals surface area contributed by atoms with E-state index in [2.05, 4.69) is 185 Å². The quantitative estimate of drug-likeness (QED) is 0.178. The molecule has 0 saturated carbocycles. The lowest BCUT2D eigenvalue weighted by Crippen LogP contribution is -2.11. The Morgan fingerprint density at radius 3 is 1.64 bits per heavy atom. The van der Waals surface area contributed by atoms with Crippen LogP contribution in [0.4, 0.5) is 0 Å². The maximum absolute atomic E-state index is 3.46. The van der Waals surface area contributed by atoms with E-state index in [0.29, 0.717) is 0 Å². The van der Waals surface area contributed by atoms with Gasteiger partial charge in [0, 0.05) is 50.1 Å². The van der Waals surface area contributed by atoms with Crippen LogP contribution in [0, 0.1) is 12.1 Å². The molecule has 0 amide bonds. The van der Waals surface area contributed by atoms with Gasteiger partial charge in [0.05, 0.1) is 16.7 Å². The van der Waals surface area contributed by atoms with Crippen LogP contribution in [0.2, 0.25) is 0 Å². The molecule has 10 rings (SSSR count). The van der Waals surface area contributed by atoms with Gasteiger partial charge >= 0.3 is 0 Å². The summed E-state index contributed by atoms with van der Waals surface area (Å²) in [6.07, 6.45) is 1.88. The van der Waals surface area contributed by atoms with E-state index in [9.17, 15) is 0 Å². The van der Waals surface area contributed by atoms with E-state index in [1.54, 1.807) is 0 Å². The largest absolute Gasteiger partial charge is 0.313 e. The van der Waals surface area contributed by atoms with E-state index in [0.717, 1.165) is 29.5 Å². The number of para-hydroxylation sites is 3. The molecule has 2 heteroatoms. The van der Waals surface area contributed by atoms with E-state index >= 15 is 0 Å². The molecular weight excluding hydrogens is 605 g/mol. The average molecular weight is 637 g/mol. The molecular formula is C48H32N2. The molecule has 0 spiro atoms. The van der Waals surface area contributed by atoms with Crippen molar-refractivity contribution in [1.82, 2.24) is 9.13 Å². The molecule has 0 aliphatic heterocycles. The molecule has 0 bridgehead atoms. The van der Waals surface area contributed by atoms with Gasteiger partial charge in [-0.25, -0.2) is 0 Å². The summed E-state index contributed by atoms with van der Waals surface area (Å²) >= 11 is 0. The summed E-state index contributed by atoms with van der Waals surface area (Å²) in [6, 6.07) is 67.9. The summed E-state index contributed by atoms with van der Waals surface area (Å²) in [7, 11) is 0. The number of hydrogen-bond donors (Lipinski definition) is 0. The van der Waals surface area contributed by atoms with Gasteiger partial charge in [-0.15, -0.1) is 0 Å².